The lowest BCUT2D eigenvalue weighted by atomic mass is 10.3. The van der Waals surface area contributed by atoms with Crippen LogP contribution in [-0.2, 0) is 0 Å². The quantitative estimate of drug-likeness (QED) is 0.330. The molecular formula is C9H12N6. The van der Waals surface area contributed by atoms with E-state index in [0.29, 0.717) is 5.69 Å². The van der Waals surface area contributed by atoms with Gasteiger partial charge in [-0.1, -0.05) is 18.2 Å². The van der Waals surface area contributed by atoms with Gasteiger partial charge < -0.3 is 17.2 Å². The number of hydrogen-bond acceptors (Lipinski definition) is 5. The molecule has 15 heavy (non-hydrogen) atoms. The van der Waals surface area contributed by atoms with Crippen molar-refractivity contribution in [3.63, 3.8) is 0 Å². The molecule has 78 valence electrons. The normalized spacial score (nSPS) is 10.1. The van der Waals surface area contributed by atoms with Crippen LogP contribution in [0.15, 0.2) is 52.1 Å². The second kappa shape index (κ2) is 4.75. The van der Waals surface area contributed by atoms with Crippen molar-refractivity contribution in [2.45, 2.75) is 0 Å². The first-order valence-corrected chi connectivity index (χ1v) is 4.17. The molecule has 7 N–H and O–H groups in total. The zero-order valence-electron chi connectivity index (χ0n) is 8.01. The molecule has 1 aromatic carbocycles. The first-order chi connectivity index (χ1) is 7.11. The van der Waals surface area contributed by atoms with Crippen molar-refractivity contribution in [2.75, 3.05) is 0 Å². The molecule has 0 aliphatic carbocycles. The standard InChI is InChI=1S/C9H12N6/c10-8(11)7(9(12)13)15-14-6-4-2-1-3-5-6/h1-5H,10-11H2,(H3,12,13)/b15-14+. The van der Waals surface area contributed by atoms with Crippen LogP contribution in [0.5, 0.6) is 0 Å². The van der Waals surface area contributed by atoms with Crippen LogP contribution in [-0.4, -0.2) is 5.84 Å². The third kappa shape index (κ3) is 3.11. The van der Waals surface area contributed by atoms with Crippen LogP contribution in [0.4, 0.5) is 5.69 Å². The van der Waals surface area contributed by atoms with Crippen LogP contribution in [0.1, 0.15) is 0 Å². The van der Waals surface area contributed by atoms with E-state index < -0.39 is 0 Å². The Morgan fingerprint density at radius 3 is 2.13 bits per heavy atom. The molecule has 0 aliphatic rings. The van der Waals surface area contributed by atoms with Gasteiger partial charge in [-0.25, -0.2) is 0 Å². The number of nitrogens with one attached hydrogen (secondary N) is 1. The van der Waals surface area contributed by atoms with E-state index in [1.807, 2.05) is 18.2 Å². The van der Waals surface area contributed by atoms with Crippen molar-refractivity contribution in [1.82, 2.24) is 0 Å². The fourth-order valence-corrected chi connectivity index (χ4v) is 0.870. The van der Waals surface area contributed by atoms with Gasteiger partial charge in [0.05, 0.1) is 5.69 Å². The fourth-order valence-electron chi connectivity index (χ4n) is 0.870. The van der Waals surface area contributed by atoms with Gasteiger partial charge in [-0.15, -0.1) is 5.11 Å². The zero-order valence-corrected chi connectivity index (χ0v) is 8.01. The van der Waals surface area contributed by atoms with Crippen molar-refractivity contribution in [3.8, 4) is 0 Å². The molecule has 0 aliphatic heterocycles. The Kier molecular flexibility index (Phi) is 3.39. The highest BCUT2D eigenvalue weighted by Gasteiger charge is 2.02. The van der Waals surface area contributed by atoms with Gasteiger partial charge in [0, 0.05) is 0 Å². The summed E-state index contributed by atoms with van der Waals surface area (Å²) in [5, 5.41) is 14.7. The van der Waals surface area contributed by atoms with Crippen molar-refractivity contribution in [3.05, 3.63) is 41.8 Å². The summed E-state index contributed by atoms with van der Waals surface area (Å²) in [4.78, 5) is 0. The Balaban J connectivity index is 2.90. The molecule has 0 atom stereocenters. The predicted molar refractivity (Wildman–Crippen MR) is 58.3 cm³/mol. The minimum atomic E-state index is -0.310. The third-order valence-electron chi connectivity index (χ3n) is 1.55. The monoisotopic (exact) mass is 204 g/mol. The molecule has 0 heterocycles. The van der Waals surface area contributed by atoms with Gasteiger partial charge in [-0.2, -0.15) is 5.11 Å². The number of benzene rings is 1. The minimum Gasteiger partial charge on any atom is -0.384 e. The van der Waals surface area contributed by atoms with Gasteiger partial charge >= 0.3 is 0 Å². The summed E-state index contributed by atoms with van der Waals surface area (Å²) in [7, 11) is 0. The van der Waals surface area contributed by atoms with Gasteiger partial charge in [0.2, 0.25) is 0 Å². The number of amidine groups is 1. The summed E-state index contributed by atoms with van der Waals surface area (Å²) in [6.45, 7) is 0. The van der Waals surface area contributed by atoms with Gasteiger partial charge in [-0.3, -0.25) is 5.41 Å². The van der Waals surface area contributed by atoms with Crippen LogP contribution < -0.4 is 17.2 Å². The van der Waals surface area contributed by atoms with Crippen LogP contribution in [0.3, 0.4) is 0 Å². The second-order valence-corrected chi connectivity index (χ2v) is 2.75. The summed E-state index contributed by atoms with van der Waals surface area (Å²) in [6, 6.07) is 9.01. The largest absolute Gasteiger partial charge is 0.384 e. The molecule has 0 radical (unpaired) electrons. The molecule has 0 spiro atoms. The molecule has 0 saturated heterocycles. The summed E-state index contributed by atoms with van der Waals surface area (Å²) in [5.41, 5.74) is 16.4. The number of nitrogens with zero attached hydrogens (tertiary/aromatic N) is 2. The number of azo groups is 1. The van der Waals surface area contributed by atoms with E-state index in [0.717, 1.165) is 0 Å². The highest BCUT2D eigenvalue weighted by Crippen LogP contribution is 2.12. The van der Waals surface area contributed by atoms with Crippen LogP contribution in [0.25, 0.3) is 0 Å². The van der Waals surface area contributed by atoms with E-state index in [4.69, 9.17) is 22.6 Å². The predicted octanol–water partition coefficient (Wildman–Crippen LogP) is 0.793. The van der Waals surface area contributed by atoms with E-state index >= 15 is 0 Å². The molecule has 0 saturated carbocycles. The molecule has 0 fully saturated rings. The minimum absolute atomic E-state index is 0.0150. The molecule has 6 heteroatoms. The van der Waals surface area contributed by atoms with Gasteiger partial charge in [0.25, 0.3) is 0 Å². The summed E-state index contributed by atoms with van der Waals surface area (Å²) < 4.78 is 0. The number of hydrogen-bond donors (Lipinski definition) is 4. The zero-order chi connectivity index (χ0) is 11.3. The van der Waals surface area contributed by atoms with Gasteiger partial charge in [-0.05, 0) is 12.1 Å². The molecule has 1 aromatic rings. The first kappa shape index (κ1) is 10.7. The number of rotatable bonds is 3. The molecule has 0 unspecified atom stereocenters. The number of nitrogens with two attached hydrogens (primary N) is 3. The van der Waals surface area contributed by atoms with Crippen LogP contribution >= 0.6 is 0 Å². The summed E-state index contributed by atoms with van der Waals surface area (Å²) in [6.07, 6.45) is 0. The Morgan fingerprint density at radius 2 is 1.67 bits per heavy atom. The van der Waals surface area contributed by atoms with Crippen molar-refractivity contribution in [1.29, 1.82) is 5.41 Å². The molecule has 6 nitrogen and oxygen atoms in total. The Morgan fingerprint density at radius 1 is 1.07 bits per heavy atom. The third-order valence-corrected chi connectivity index (χ3v) is 1.55. The average Bonchev–Trinajstić information content (AvgIpc) is 2.18. The van der Waals surface area contributed by atoms with E-state index in [1.54, 1.807) is 12.1 Å². The second-order valence-electron chi connectivity index (χ2n) is 2.75. The lowest BCUT2D eigenvalue weighted by Crippen LogP contribution is -2.21. The van der Waals surface area contributed by atoms with Crippen molar-refractivity contribution >= 4 is 11.5 Å². The van der Waals surface area contributed by atoms with Crippen molar-refractivity contribution in [2.24, 2.45) is 27.4 Å². The van der Waals surface area contributed by atoms with Crippen LogP contribution in [0.2, 0.25) is 0 Å². The van der Waals surface area contributed by atoms with E-state index in [9.17, 15) is 0 Å². The lowest BCUT2D eigenvalue weighted by Gasteiger charge is -1.99. The molecule has 0 amide bonds. The average molecular weight is 204 g/mol. The van der Waals surface area contributed by atoms with E-state index in [1.165, 1.54) is 0 Å². The Hall–Kier alpha value is -2.37. The highest BCUT2D eigenvalue weighted by molar-refractivity contribution is 5.94. The topological polar surface area (TPSA) is 127 Å². The molecule has 0 aromatic heterocycles. The van der Waals surface area contributed by atoms with E-state index in [2.05, 4.69) is 10.2 Å². The van der Waals surface area contributed by atoms with Crippen LogP contribution in [0, 0.1) is 5.41 Å². The van der Waals surface area contributed by atoms with Gasteiger partial charge in [0.15, 0.2) is 5.70 Å². The first-order valence-electron chi connectivity index (χ1n) is 4.17. The highest BCUT2D eigenvalue weighted by atomic mass is 15.1. The summed E-state index contributed by atoms with van der Waals surface area (Å²) >= 11 is 0. The Labute approximate surface area is 87.0 Å². The maximum atomic E-state index is 7.15. The fraction of sp³-hybridized carbons (Fsp3) is 0. The maximum Gasteiger partial charge on any atom is 0.166 e. The van der Waals surface area contributed by atoms with Crippen molar-refractivity contribution < 1.29 is 0 Å². The van der Waals surface area contributed by atoms with E-state index in [-0.39, 0.29) is 17.4 Å². The summed E-state index contributed by atoms with van der Waals surface area (Å²) in [5.74, 6) is -0.433. The molecule has 1 rings (SSSR count). The lowest BCUT2D eigenvalue weighted by molar-refractivity contribution is 1.09. The maximum absolute atomic E-state index is 7.15. The Bertz CT molecular complexity index is 402. The SMILES string of the molecule is N=C(N)C(/N=N/c1ccccc1)=C(N)N. The molecule has 0 bridgehead atoms. The smallest absolute Gasteiger partial charge is 0.166 e. The van der Waals surface area contributed by atoms with Gasteiger partial charge in [0.1, 0.15) is 11.7 Å². The molecular weight excluding hydrogens is 192 g/mol.